The van der Waals surface area contributed by atoms with E-state index in [0.717, 1.165) is 11.1 Å². The lowest BCUT2D eigenvalue weighted by Gasteiger charge is -2.16. The average molecular weight is 470 g/mol. The van der Waals surface area contributed by atoms with E-state index in [-0.39, 0.29) is 12.5 Å². The molecule has 10 nitrogen and oxygen atoms in total. The second kappa shape index (κ2) is 9.14. The maximum absolute atomic E-state index is 11.5. The standard InChI is InChI=1S/C24H24N2O8/c1-13(21-19(29)20(30)24(32)33-21)11-25-7-3-15(4-8-25)16-5-9-26(10-6-16)12-17(27)22-14(2)18(28)23(31)34-22/h3-10,13,17,21-22,27-28H,11-12H2,1-2H3/p+2. The van der Waals surface area contributed by atoms with Crippen LogP contribution in [0.25, 0.3) is 11.1 Å². The lowest BCUT2D eigenvalue weighted by atomic mass is 10.0. The lowest BCUT2D eigenvalue weighted by Crippen LogP contribution is -2.44. The number of nitrogens with zero attached hydrogens (tertiary/aromatic N) is 2. The molecule has 4 N–H and O–H groups in total. The molecule has 0 radical (unpaired) electrons. The monoisotopic (exact) mass is 470 g/mol. The first-order valence-electron chi connectivity index (χ1n) is 10.8. The highest BCUT2D eigenvalue weighted by molar-refractivity contribution is 5.89. The first-order valence-corrected chi connectivity index (χ1v) is 10.8. The third-order valence-corrected chi connectivity index (χ3v) is 6.05. The van der Waals surface area contributed by atoms with Gasteiger partial charge in [-0.15, -0.1) is 0 Å². The maximum Gasteiger partial charge on any atom is 0.377 e. The molecule has 4 atom stereocenters. The van der Waals surface area contributed by atoms with Crippen LogP contribution in [0, 0.1) is 5.92 Å². The fraction of sp³-hybridized carbons (Fsp3) is 0.333. The molecular formula is C24H26N2O8+2. The van der Waals surface area contributed by atoms with Gasteiger partial charge in [0.2, 0.25) is 11.5 Å². The molecule has 0 bridgehead atoms. The molecule has 4 rings (SSSR count). The summed E-state index contributed by atoms with van der Waals surface area (Å²) in [5.41, 5.74) is 2.22. The van der Waals surface area contributed by atoms with Crippen molar-refractivity contribution in [1.82, 2.24) is 0 Å². The van der Waals surface area contributed by atoms with Gasteiger partial charge < -0.3 is 29.9 Å². The number of hydrogen-bond acceptors (Lipinski definition) is 8. The van der Waals surface area contributed by atoms with Crippen LogP contribution in [0.15, 0.2) is 71.9 Å². The molecule has 0 aliphatic carbocycles. The normalized spacial score (nSPS) is 22.1. The third kappa shape index (κ3) is 4.44. The Labute approximate surface area is 195 Å². The number of aliphatic hydroxyl groups excluding tert-OH is 4. The molecule has 0 amide bonds. The molecule has 178 valence electrons. The molecule has 0 saturated carbocycles. The Morgan fingerprint density at radius 1 is 0.824 bits per heavy atom. The van der Waals surface area contributed by atoms with Crippen molar-refractivity contribution in [3.63, 3.8) is 0 Å². The number of pyridine rings is 2. The van der Waals surface area contributed by atoms with E-state index in [1.165, 1.54) is 0 Å². The molecule has 2 aromatic rings. The largest absolute Gasteiger partial charge is 0.505 e. The van der Waals surface area contributed by atoms with Crippen molar-refractivity contribution < 1.29 is 48.6 Å². The Kier molecular flexibility index (Phi) is 6.25. The van der Waals surface area contributed by atoms with Crippen LogP contribution < -0.4 is 9.13 Å². The predicted molar refractivity (Wildman–Crippen MR) is 115 cm³/mol. The zero-order chi connectivity index (χ0) is 24.6. The number of aliphatic hydroxyl groups is 4. The van der Waals surface area contributed by atoms with Crippen molar-refractivity contribution in [3.8, 4) is 11.1 Å². The van der Waals surface area contributed by atoms with Gasteiger partial charge in [0, 0.05) is 29.8 Å². The number of hydrogen-bond donors (Lipinski definition) is 4. The quantitative estimate of drug-likeness (QED) is 0.346. The number of carbonyl (C=O) groups excluding carboxylic acids is 2. The van der Waals surface area contributed by atoms with E-state index < -0.39 is 47.5 Å². The van der Waals surface area contributed by atoms with Crippen LogP contribution in [0.5, 0.6) is 0 Å². The van der Waals surface area contributed by atoms with Gasteiger partial charge in [-0.2, -0.15) is 0 Å². The molecule has 2 aromatic heterocycles. The van der Waals surface area contributed by atoms with E-state index in [1.54, 1.807) is 23.9 Å². The van der Waals surface area contributed by atoms with E-state index in [2.05, 4.69) is 0 Å². The first kappa shape index (κ1) is 23.2. The molecule has 0 aromatic carbocycles. The summed E-state index contributed by atoms with van der Waals surface area (Å²) in [6, 6.07) is 7.62. The van der Waals surface area contributed by atoms with Gasteiger partial charge in [0.25, 0.3) is 0 Å². The van der Waals surface area contributed by atoms with Crippen molar-refractivity contribution in [2.45, 2.75) is 45.2 Å². The van der Waals surface area contributed by atoms with E-state index >= 15 is 0 Å². The van der Waals surface area contributed by atoms with Gasteiger partial charge in [-0.05, 0) is 18.1 Å². The Morgan fingerprint density at radius 2 is 1.29 bits per heavy atom. The van der Waals surface area contributed by atoms with Crippen LogP contribution in [0.2, 0.25) is 0 Å². The molecule has 4 heterocycles. The molecule has 10 heteroatoms. The van der Waals surface area contributed by atoms with E-state index in [0.29, 0.717) is 12.1 Å². The van der Waals surface area contributed by atoms with Gasteiger partial charge in [-0.3, -0.25) is 0 Å². The fourth-order valence-corrected chi connectivity index (χ4v) is 4.06. The number of aromatic nitrogens is 2. The molecule has 0 fully saturated rings. The smallest absolute Gasteiger partial charge is 0.377 e. The van der Waals surface area contributed by atoms with Crippen LogP contribution in [-0.2, 0) is 32.2 Å². The Balaban J connectivity index is 1.37. The predicted octanol–water partition coefficient (Wildman–Crippen LogP) is 0.936. The highest BCUT2D eigenvalue weighted by Gasteiger charge is 2.39. The van der Waals surface area contributed by atoms with E-state index in [9.17, 15) is 30.0 Å². The summed E-state index contributed by atoms with van der Waals surface area (Å²) >= 11 is 0. The number of esters is 2. The van der Waals surface area contributed by atoms with Crippen molar-refractivity contribution in [1.29, 1.82) is 0 Å². The van der Waals surface area contributed by atoms with Crippen molar-refractivity contribution in [2.75, 3.05) is 0 Å². The lowest BCUT2D eigenvalue weighted by molar-refractivity contribution is -0.704. The Bertz CT molecular complexity index is 1080. The van der Waals surface area contributed by atoms with Crippen LogP contribution in [0.3, 0.4) is 0 Å². The zero-order valence-electron chi connectivity index (χ0n) is 18.7. The van der Waals surface area contributed by atoms with Gasteiger partial charge in [0.05, 0.1) is 5.92 Å². The molecule has 0 spiro atoms. The molecule has 0 saturated heterocycles. The van der Waals surface area contributed by atoms with Crippen LogP contribution in [0.4, 0.5) is 0 Å². The summed E-state index contributed by atoms with van der Waals surface area (Å²) in [6.45, 7) is 3.99. The highest BCUT2D eigenvalue weighted by Crippen LogP contribution is 2.25. The summed E-state index contributed by atoms with van der Waals surface area (Å²) in [6.07, 6.45) is 4.57. The minimum atomic E-state index is -1.00. The minimum absolute atomic E-state index is 0.179. The molecule has 2 aliphatic heterocycles. The van der Waals surface area contributed by atoms with Crippen LogP contribution >= 0.6 is 0 Å². The number of carbonyl (C=O) groups is 2. The Morgan fingerprint density at radius 3 is 1.74 bits per heavy atom. The summed E-state index contributed by atoms with van der Waals surface area (Å²) in [5.74, 6) is -3.63. The number of ether oxygens (including phenoxy) is 2. The van der Waals surface area contributed by atoms with Gasteiger partial charge in [0.1, 0.15) is 0 Å². The van der Waals surface area contributed by atoms with Gasteiger partial charge in [-0.1, -0.05) is 6.92 Å². The number of rotatable bonds is 7. The maximum atomic E-state index is 11.5. The summed E-state index contributed by atoms with van der Waals surface area (Å²) < 4.78 is 13.7. The fourth-order valence-electron chi connectivity index (χ4n) is 4.06. The van der Waals surface area contributed by atoms with Crippen LogP contribution in [-0.4, -0.2) is 50.7 Å². The molecule has 2 aliphatic rings. The summed E-state index contributed by atoms with van der Waals surface area (Å²) in [4.78, 5) is 22.9. The van der Waals surface area contributed by atoms with Crippen molar-refractivity contribution in [3.05, 3.63) is 71.9 Å². The first-order chi connectivity index (χ1) is 16.2. The average Bonchev–Trinajstić information content (AvgIpc) is 3.24. The second-order valence-electron chi connectivity index (χ2n) is 8.53. The molecular weight excluding hydrogens is 444 g/mol. The van der Waals surface area contributed by atoms with Gasteiger partial charge in [0.15, 0.2) is 61.9 Å². The Hall–Kier alpha value is -3.92. The summed E-state index contributed by atoms with van der Waals surface area (Å²) in [5, 5.41) is 39.4. The van der Waals surface area contributed by atoms with Gasteiger partial charge in [-0.25, -0.2) is 18.7 Å². The summed E-state index contributed by atoms with van der Waals surface area (Å²) in [7, 11) is 0. The highest BCUT2D eigenvalue weighted by atomic mass is 16.6. The molecule has 34 heavy (non-hydrogen) atoms. The minimum Gasteiger partial charge on any atom is -0.505 e. The zero-order valence-corrected chi connectivity index (χ0v) is 18.7. The third-order valence-electron chi connectivity index (χ3n) is 6.05. The van der Waals surface area contributed by atoms with E-state index in [1.807, 2.05) is 48.1 Å². The topological polar surface area (TPSA) is 141 Å². The van der Waals surface area contributed by atoms with Crippen molar-refractivity contribution >= 4 is 11.9 Å². The number of cyclic esters (lactones) is 2. The van der Waals surface area contributed by atoms with E-state index in [4.69, 9.17) is 9.47 Å². The second-order valence-corrected chi connectivity index (χ2v) is 8.53. The van der Waals surface area contributed by atoms with Gasteiger partial charge >= 0.3 is 11.9 Å². The van der Waals surface area contributed by atoms with Crippen molar-refractivity contribution in [2.24, 2.45) is 5.92 Å². The molecule has 4 unspecified atom stereocenters. The SMILES string of the molecule is CC1=C(O)C(=O)OC1C(O)C[n+]1ccc(-c2cc[n+](CC(C)C3OC(=O)C(O)=C3O)cc2)cc1. The van der Waals surface area contributed by atoms with Crippen LogP contribution in [0.1, 0.15) is 13.8 Å².